The molecule has 0 bridgehead atoms. The number of aromatic nitrogens is 2. The van der Waals surface area contributed by atoms with Crippen LogP contribution in [0.5, 0.6) is 5.75 Å². The number of halogens is 2. The molecule has 7 heteroatoms. The average Bonchev–Trinajstić information content (AvgIpc) is 3.32. The molecule has 1 aromatic heterocycles. The van der Waals surface area contributed by atoms with Crippen molar-refractivity contribution in [2.24, 2.45) is 0 Å². The minimum atomic E-state index is -0.430. The molecule has 2 N–H and O–H groups in total. The zero-order valence-corrected chi connectivity index (χ0v) is 19.6. The van der Waals surface area contributed by atoms with Crippen LogP contribution in [0.1, 0.15) is 44.3 Å². The van der Waals surface area contributed by atoms with Gasteiger partial charge in [0.2, 0.25) is 0 Å². The topological polar surface area (TPSA) is 69.2 Å². The molecule has 0 radical (unpaired) electrons. The number of H-pyrrole nitrogens is 1. The van der Waals surface area contributed by atoms with Crippen LogP contribution in [-0.2, 0) is 6.54 Å². The lowest BCUT2D eigenvalue weighted by Crippen LogP contribution is -2.29. The van der Waals surface area contributed by atoms with Crippen LogP contribution in [0.3, 0.4) is 0 Å². The molecule has 0 spiro atoms. The van der Waals surface area contributed by atoms with Gasteiger partial charge in [-0.2, -0.15) is 5.10 Å². The molecule has 1 unspecified atom stereocenters. The summed E-state index contributed by atoms with van der Waals surface area (Å²) in [5, 5.41) is 19.1. The molecule has 1 aliphatic rings. The van der Waals surface area contributed by atoms with Crippen molar-refractivity contribution in [3.05, 3.63) is 104 Å². The number of hydrogen-bond donors (Lipinski definition) is 2. The number of aromatic amines is 1. The van der Waals surface area contributed by atoms with Gasteiger partial charge in [0.25, 0.3) is 5.91 Å². The molecule has 33 heavy (non-hydrogen) atoms. The molecular weight excluding hydrogens is 457 g/mol. The zero-order valence-electron chi connectivity index (χ0n) is 18.1. The van der Waals surface area contributed by atoms with E-state index in [0.29, 0.717) is 39.1 Å². The van der Waals surface area contributed by atoms with Gasteiger partial charge >= 0.3 is 0 Å². The second kappa shape index (κ2) is 8.25. The van der Waals surface area contributed by atoms with Crippen LogP contribution in [-0.4, -0.2) is 26.1 Å². The number of aromatic hydroxyl groups is 1. The first-order valence-corrected chi connectivity index (χ1v) is 11.3. The summed E-state index contributed by atoms with van der Waals surface area (Å²) < 4.78 is 0. The van der Waals surface area contributed by atoms with Crippen LogP contribution in [0.25, 0.3) is 11.3 Å². The normalized spacial score (nSPS) is 15.2. The molecule has 1 amide bonds. The lowest BCUT2D eigenvalue weighted by atomic mass is 9.95. The molecule has 0 saturated heterocycles. The highest BCUT2D eigenvalue weighted by Crippen LogP contribution is 2.46. The minimum absolute atomic E-state index is 0.0560. The number of fused-ring (bicyclic) bond motifs is 1. The van der Waals surface area contributed by atoms with Gasteiger partial charge in [-0.05, 0) is 54.8 Å². The van der Waals surface area contributed by atoms with E-state index in [9.17, 15) is 9.90 Å². The Morgan fingerprint density at radius 2 is 1.82 bits per heavy atom. The number of nitrogens with zero attached hydrogens (tertiary/aromatic N) is 2. The van der Waals surface area contributed by atoms with Crippen LogP contribution in [0.4, 0.5) is 0 Å². The van der Waals surface area contributed by atoms with Crippen molar-refractivity contribution in [1.29, 1.82) is 0 Å². The van der Waals surface area contributed by atoms with E-state index in [1.165, 1.54) is 0 Å². The molecule has 2 heterocycles. The highest BCUT2D eigenvalue weighted by Gasteiger charge is 2.42. The quantitative estimate of drug-likeness (QED) is 0.354. The second-order valence-corrected chi connectivity index (χ2v) is 9.20. The first kappa shape index (κ1) is 21.6. The number of hydrogen-bond acceptors (Lipinski definition) is 3. The van der Waals surface area contributed by atoms with Gasteiger partial charge in [-0.25, -0.2) is 0 Å². The van der Waals surface area contributed by atoms with Gasteiger partial charge in [0.05, 0.1) is 6.04 Å². The van der Waals surface area contributed by atoms with Crippen molar-refractivity contribution in [1.82, 2.24) is 15.1 Å². The smallest absolute Gasteiger partial charge is 0.273 e. The van der Waals surface area contributed by atoms with Gasteiger partial charge in [0, 0.05) is 27.7 Å². The summed E-state index contributed by atoms with van der Waals surface area (Å²) in [6.07, 6.45) is 0. The number of benzene rings is 3. The van der Waals surface area contributed by atoms with Crippen molar-refractivity contribution in [3.63, 3.8) is 0 Å². The maximum atomic E-state index is 13.5. The Labute approximate surface area is 201 Å². The largest absolute Gasteiger partial charge is 0.507 e. The minimum Gasteiger partial charge on any atom is -0.507 e. The van der Waals surface area contributed by atoms with Gasteiger partial charge < -0.3 is 10.0 Å². The van der Waals surface area contributed by atoms with E-state index in [2.05, 4.69) is 10.2 Å². The Kier molecular flexibility index (Phi) is 5.39. The third-order valence-corrected chi connectivity index (χ3v) is 6.68. The highest BCUT2D eigenvalue weighted by atomic mass is 35.5. The fraction of sp³-hybridized carbons (Fsp3) is 0.154. The molecule has 0 aliphatic carbocycles. The molecule has 0 fully saturated rings. The van der Waals surface area contributed by atoms with Crippen LogP contribution < -0.4 is 0 Å². The lowest BCUT2D eigenvalue weighted by molar-refractivity contribution is 0.0730. The molecule has 1 atom stereocenters. The van der Waals surface area contributed by atoms with Gasteiger partial charge in [-0.1, -0.05) is 65.2 Å². The predicted molar refractivity (Wildman–Crippen MR) is 130 cm³/mol. The lowest BCUT2D eigenvalue weighted by Gasteiger charge is -2.27. The molecule has 4 aromatic rings. The van der Waals surface area contributed by atoms with Crippen LogP contribution in [0.2, 0.25) is 10.0 Å². The summed E-state index contributed by atoms with van der Waals surface area (Å²) in [7, 11) is 0. The first-order valence-electron chi connectivity index (χ1n) is 10.5. The van der Waals surface area contributed by atoms with E-state index in [1.807, 2.05) is 56.3 Å². The van der Waals surface area contributed by atoms with Crippen molar-refractivity contribution in [2.75, 3.05) is 0 Å². The number of amides is 1. The van der Waals surface area contributed by atoms with Gasteiger partial charge in [0.1, 0.15) is 17.1 Å². The van der Waals surface area contributed by atoms with Crippen molar-refractivity contribution in [3.8, 4) is 17.0 Å². The first-order chi connectivity index (χ1) is 15.8. The number of phenols is 1. The van der Waals surface area contributed by atoms with Gasteiger partial charge in [-0.15, -0.1) is 0 Å². The molecule has 1 aliphatic heterocycles. The third kappa shape index (κ3) is 3.77. The maximum absolute atomic E-state index is 13.5. The third-order valence-electron chi connectivity index (χ3n) is 6.03. The van der Waals surface area contributed by atoms with Crippen molar-refractivity contribution < 1.29 is 9.90 Å². The molecule has 166 valence electrons. The van der Waals surface area contributed by atoms with Gasteiger partial charge in [-0.3, -0.25) is 9.89 Å². The molecule has 0 saturated carbocycles. The van der Waals surface area contributed by atoms with E-state index in [4.69, 9.17) is 23.2 Å². The summed E-state index contributed by atoms with van der Waals surface area (Å²) in [5.74, 6) is -0.104. The zero-order chi connectivity index (χ0) is 23.3. The standard InChI is InChI=1S/C26H21Cl2N3O2/c1-14-6-8-16(9-7-14)13-31-25(17-4-3-5-18(27)11-17)22-23(29-30-24(22)26(31)33)19-12-20(28)15(2)10-21(19)32/h3-12,25,32H,13H2,1-2H3,(H,29,30). The molecule has 5 nitrogen and oxygen atoms in total. The van der Waals surface area contributed by atoms with Crippen LogP contribution in [0, 0.1) is 13.8 Å². The monoisotopic (exact) mass is 477 g/mol. The van der Waals surface area contributed by atoms with Crippen molar-refractivity contribution >= 4 is 29.1 Å². The maximum Gasteiger partial charge on any atom is 0.273 e. The number of nitrogens with one attached hydrogen (secondary N) is 1. The molecule has 3 aromatic carbocycles. The Bertz CT molecular complexity index is 1380. The Morgan fingerprint density at radius 1 is 1.06 bits per heavy atom. The molecule has 5 rings (SSSR count). The van der Waals surface area contributed by atoms with E-state index in [0.717, 1.165) is 22.3 Å². The van der Waals surface area contributed by atoms with Crippen molar-refractivity contribution in [2.45, 2.75) is 26.4 Å². The van der Waals surface area contributed by atoms with Crippen LogP contribution in [0.15, 0.2) is 60.7 Å². The predicted octanol–water partition coefficient (Wildman–Crippen LogP) is 6.45. The number of carbonyl (C=O) groups is 1. The summed E-state index contributed by atoms with van der Waals surface area (Å²) in [6.45, 7) is 4.27. The Morgan fingerprint density at radius 3 is 2.55 bits per heavy atom. The summed E-state index contributed by atoms with van der Waals surface area (Å²) in [5.41, 5.74) is 5.86. The Balaban J connectivity index is 1.68. The van der Waals surface area contributed by atoms with E-state index in [-0.39, 0.29) is 11.7 Å². The summed E-state index contributed by atoms with van der Waals surface area (Å²) >= 11 is 12.7. The van der Waals surface area contributed by atoms with E-state index in [1.54, 1.807) is 23.1 Å². The fourth-order valence-corrected chi connectivity index (χ4v) is 4.70. The summed E-state index contributed by atoms with van der Waals surface area (Å²) in [4.78, 5) is 15.3. The summed E-state index contributed by atoms with van der Waals surface area (Å²) in [6, 6.07) is 18.4. The van der Waals surface area contributed by atoms with E-state index < -0.39 is 6.04 Å². The van der Waals surface area contributed by atoms with Crippen LogP contribution >= 0.6 is 23.2 Å². The second-order valence-electron chi connectivity index (χ2n) is 8.36. The number of rotatable bonds is 4. The fourth-order valence-electron chi connectivity index (χ4n) is 4.33. The highest BCUT2D eigenvalue weighted by molar-refractivity contribution is 6.31. The Hall–Kier alpha value is -3.28. The SMILES string of the molecule is Cc1ccc(CN2C(=O)c3[nH]nc(-c4cc(Cl)c(C)cc4O)c3C2c2cccc(Cl)c2)cc1. The number of aryl methyl sites for hydroxylation is 2. The number of carbonyl (C=O) groups excluding carboxylic acids is 1. The molecular formula is C26H21Cl2N3O2. The average molecular weight is 478 g/mol. The number of phenolic OH excluding ortho intramolecular Hbond substituents is 1. The van der Waals surface area contributed by atoms with E-state index >= 15 is 0 Å². The van der Waals surface area contributed by atoms with Gasteiger partial charge in [0.15, 0.2) is 0 Å².